The molecule has 0 aliphatic carbocycles. The van der Waals surface area contributed by atoms with Crippen LogP contribution >= 0.6 is 23.2 Å². The highest BCUT2D eigenvalue weighted by Crippen LogP contribution is 2.53. The molecule has 2 amide bonds. The van der Waals surface area contributed by atoms with E-state index < -0.39 is 41.2 Å². The van der Waals surface area contributed by atoms with E-state index in [9.17, 15) is 24.6 Å². The van der Waals surface area contributed by atoms with Gasteiger partial charge in [-0.3, -0.25) is 19.7 Å². The maximum Gasteiger partial charge on any atom is 0.324 e. The van der Waals surface area contributed by atoms with E-state index in [1.165, 1.54) is 12.1 Å². The summed E-state index contributed by atoms with van der Waals surface area (Å²) in [7, 11) is 0. The Labute approximate surface area is 194 Å². The number of hydrogen-bond acceptors (Lipinski definition) is 5. The summed E-state index contributed by atoms with van der Waals surface area (Å²) in [5, 5.41) is 24.2. The van der Waals surface area contributed by atoms with Crippen molar-refractivity contribution in [2.75, 3.05) is 4.90 Å². The van der Waals surface area contributed by atoms with Gasteiger partial charge in [0, 0.05) is 16.6 Å². The molecule has 2 saturated heterocycles. The number of fused-ring (bicyclic) bond motifs is 1. The Morgan fingerprint density at radius 1 is 1.16 bits per heavy atom. The molecule has 0 saturated carbocycles. The first-order valence-corrected chi connectivity index (χ1v) is 11.0. The molecule has 0 unspecified atom stereocenters. The molecule has 4 atom stereocenters. The van der Waals surface area contributed by atoms with Crippen molar-refractivity contribution in [3.63, 3.8) is 0 Å². The van der Waals surface area contributed by atoms with Crippen molar-refractivity contribution in [3.05, 3.63) is 58.1 Å². The van der Waals surface area contributed by atoms with Crippen LogP contribution < -0.4 is 10.2 Å². The quantitative estimate of drug-likeness (QED) is 0.562. The Kier molecular flexibility index (Phi) is 5.69. The molecular weight excluding hydrogens is 455 g/mol. The summed E-state index contributed by atoms with van der Waals surface area (Å²) in [5.41, 5.74) is -1.16. The SMILES string of the molecule is CC(C)C[C@]1(C(=O)O)N[C@H](c2cc(Cl)cc(Cl)c2O)[C@H]2C(=O)N(c3ccccc3)C(=O)[C@H]21. The van der Waals surface area contributed by atoms with Crippen LogP contribution in [0, 0.1) is 17.8 Å². The minimum absolute atomic E-state index is 0.0285. The smallest absolute Gasteiger partial charge is 0.324 e. The molecule has 9 heteroatoms. The fourth-order valence-corrected chi connectivity index (χ4v) is 5.55. The number of anilines is 1. The zero-order chi connectivity index (χ0) is 23.4. The third-order valence-corrected chi connectivity index (χ3v) is 6.68. The Hall–Kier alpha value is -2.61. The maximum atomic E-state index is 13.6. The predicted molar refractivity (Wildman–Crippen MR) is 120 cm³/mol. The number of carbonyl (C=O) groups is 3. The van der Waals surface area contributed by atoms with Crippen LogP contribution in [0.15, 0.2) is 42.5 Å². The maximum absolute atomic E-state index is 13.6. The number of halogens is 2. The average Bonchev–Trinajstić information content (AvgIpc) is 3.19. The predicted octanol–water partition coefficient (Wildman–Crippen LogP) is 4.02. The minimum atomic E-state index is -1.71. The summed E-state index contributed by atoms with van der Waals surface area (Å²) in [5.74, 6) is -4.98. The highest BCUT2D eigenvalue weighted by Gasteiger charge is 2.68. The molecule has 3 N–H and O–H groups in total. The van der Waals surface area contributed by atoms with Crippen molar-refractivity contribution in [2.45, 2.75) is 31.8 Å². The van der Waals surface area contributed by atoms with Gasteiger partial charge >= 0.3 is 5.97 Å². The van der Waals surface area contributed by atoms with E-state index in [1.807, 2.05) is 13.8 Å². The second-order valence-electron chi connectivity index (χ2n) is 8.67. The number of rotatable bonds is 5. The van der Waals surface area contributed by atoms with Crippen LogP contribution in [-0.4, -0.2) is 33.5 Å². The number of imide groups is 1. The first-order valence-electron chi connectivity index (χ1n) is 10.2. The zero-order valence-corrected chi connectivity index (χ0v) is 18.9. The third kappa shape index (κ3) is 3.36. The lowest BCUT2D eigenvalue weighted by Gasteiger charge is -2.32. The number of benzene rings is 2. The van der Waals surface area contributed by atoms with Crippen LogP contribution in [0.3, 0.4) is 0 Å². The number of amides is 2. The average molecular weight is 477 g/mol. The number of para-hydroxylation sites is 1. The number of carbonyl (C=O) groups excluding carboxylic acids is 2. The number of nitrogens with one attached hydrogen (secondary N) is 1. The van der Waals surface area contributed by atoms with E-state index in [1.54, 1.807) is 30.3 Å². The highest BCUT2D eigenvalue weighted by molar-refractivity contribution is 6.35. The van der Waals surface area contributed by atoms with Crippen LogP contribution in [0.2, 0.25) is 10.0 Å². The highest BCUT2D eigenvalue weighted by atomic mass is 35.5. The van der Waals surface area contributed by atoms with Gasteiger partial charge in [-0.05, 0) is 36.6 Å². The van der Waals surface area contributed by atoms with Crippen molar-refractivity contribution in [3.8, 4) is 5.75 Å². The number of phenolic OH excluding ortho intramolecular Hbond substituents is 1. The summed E-state index contributed by atoms with van der Waals surface area (Å²) in [6.07, 6.45) is 0.108. The van der Waals surface area contributed by atoms with Crippen molar-refractivity contribution in [1.29, 1.82) is 0 Å². The summed E-state index contributed by atoms with van der Waals surface area (Å²) in [6.45, 7) is 3.69. The van der Waals surface area contributed by atoms with Crippen LogP contribution in [-0.2, 0) is 14.4 Å². The standard InChI is InChI=1S/C23H22Cl2N2O5/c1-11(2)10-23(22(31)32)17-16(18(26-23)14-8-12(24)9-15(25)19(14)28)20(29)27(21(17)30)13-6-4-3-5-7-13/h3-9,11,16-18,26,28H,10H2,1-2H3,(H,31,32)/t16-,17-,18+,23-/m0/s1. The zero-order valence-electron chi connectivity index (χ0n) is 17.4. The van der Waals surface area contributed by atoms with Crippen LogP contribution in [0.1, 0.15) is 31.9 Å². The monoisotopic (exact) mass is 476 g/mol. The second kappa shape index (κ2) is 8.06. The summed E-state index contributed by atoms with van der Waals surface area (Å²) in [6, 6.07) is 10.2. The minimum Gasteiger partial charge on any atom is -0.506 e. The molecule has 32 heavy (non-hydrogen) atoms. The van der Waals surface area contributed by atoms with E-state index in [2.05, 4.69) is 5.32 Å². The Morgan fingerprint density at radius 3 is 2.41 bits per heavy atom. The first-order chi connectivity index (χ1) is 15.1. The van der Waals surface area contributed by atoms with Gasteiger partial charge in [-0.1, -0.05) is 55.2 Å². The molecule has 2 aromatic rings. The Bertz CT molecular complexity index is 1110. The molecule has 168 valence electrons. The van der Waals surface area contributed by atoms with Crippen molar-refractivity contribution in [2.24, 2.45) is 17.8 Å². The van der Waals surface area contributed by atoms with Crippen molar-refractivity contribution >= 4 is 46.7 Å². The number of phenols is 1. The molecule has 2 aliphatic heterocycles. The largest absolute Gasteiger partial charge is 0.506 e. The van der Waals surface area contributed by atoms with E-state index in [4.69, 9.17) is 23.2 Å². The van der Waals surface area contributed by atoms with E-state index >= 15 is 0 Å². The lowest BCUT2D eigenvalue weighted by atomic mass is 9.75. The van der Waals surface area contributed by atoms with Gasteiger partial charge in [-0.15, -0.1) is 0 Å². The summed E-state index contributed by atoms with van der Waals surface area (Å²) in [4.78, 5) is 40.8. The van der Waals surface area contributed by atoms with E-state index in [0.717, 1.165) is 4.90 Å². The summed E-state index contributed by atoms with van der Waals surface area (Å²) < 4.78 is 0. The van der Waals surface area contributed by atoms with Crippen LogP contribution in [0.25, 0.3) is 0 Å². The van der Waals surface area contributed by atoms with Gasteiger partial charge in [0.05, 0.1) is 22.5 Å². The van der Waals surface area contributed by atoms with E-state index in [-0.39, 0.29) is 33.7 Å². The third-order valence-electron chi connectivity index (χ3n) is 6.17. The number of carboxylic acid groups (broad SMARTS) is 1. The van der Waals surface area contributed by atoms with E-state index in [0.29, 0.717) is 5.69 Å². The molecule has 2 fully saturated rings. The van der Waals surface area contributed by atoms with Gasteiger partial charge in [-0.2, -0.15) is 0 Å². The van der Waals surface area contributed by atoms with Crippen LogP contribution in [0.5, 0.6) is 5.75 Å². The lowest BCUT2D eigenvalue weighted by Crippen LogP contribution is -2.56. The molecule has 2 aliphatic rings. The number of carboxylic acids is 1. The molecule has 7 nitrogen and oxygen atoms in total. The van der Waals surface area contributed by atoms with Gasteiger partial charge in [-0.25, -0.2) is 4.90 Å². The second-order valence-corrected chi connectivity index (χ2v) is 9.52. The fraction of sp³-hybridized carbons (Fsp3) is 0.348. The normalized spacial score (nSPS) is 27.3. The molecule has 0 radical (unpaired) electrons. The van der Waals surface area contributed by atoms with Crippen molar-refractivity contribution < 1.29 is 24.6 Å². The molecule has 4 rings (SSSR count). The molecule has 2 heterocycles. The van der Waals surface area contributed by atoms with Gasteiger partial charge < -0.3 is 10.2 Å². The summed E-state index contributed by atoms with van der Waals surface area (Å²) >= 11 is 12.3. The molecule has 2 aromatic carbocycles. The van der Waals surface area contributed by atoms with Gasteiger partial charge in [0.1, 0.15) is 11.3 Å². The molecule has 0 aromatic heterocycles. The Balaban J connectivity index is 1.92. The molecule has 0 bridgehead atoms. The van der Waals surface area contributed by atoms with Crippen LogP contribution in [0.4, 0.5) is 5.69 Å². The number of nitrogens with zero attached hydrogens (tertiary/aromatic N) is 1. The number of aromatic hydroxyl groups is 1. The molecular formula is C23H22Cl2N2O5. The fourth-order valence-electron chi connectivity index (χ4n) is 5.04. The van der Waals surface area contributed by atoms with Crippen molar-refractivity contribution in [1.82, 2.24) is 5.32 Å². The van der Waals surface area contributed by atoms with Gasteiger partial charge in [0.15, 0.2) is 0 Å². The van der Waals surface area contributed by atoms with Gasteiger partial charge in [0.2, 0.25) is 11.8 Å². The number of aliphatic carboxylic acids is 1. The number of hydrogen-bond donors (Lipinski definition) is 3. The lowest BCUT2D eigenvalue weighted by molar-refractivity contribution is -0.149. The molecule has 0 spiro atoms. The van der Waals surface area contributed by atoms with Gasteiger partial charge in [0.25, 0.3) is 0 Å². The first kappa shape index (κ1) is 22.6. The topological polar surface area (TPSA) is 107 Å². The Morgan fingerprint density at radius 2 is 1.81 bits per heavy atom.